The molecule has 1 unspecified atom stereocenters. The van der Waals surface area contributed by atoms with E-state index in [1.165, 1.54) is 17.3 Å². The second kappa shape index (κ2) is 14.8. The van der Waals surface area contributed by atoms with E-state index < -0.39 is 0 Å². The van der Waals surface area contributed by atoms with Crippen LogP contribution >= 0.6 is 11.8 Å². The largest absolute Gasteiger partial charge is 0.341 e. The second-order valence-electron chi connectivity index (χ2n) is 5.16. The third-order valence-electron chi connectivity index (χ3n) is 3.70. The Kier molecular flexibility index (Phi) is 13.9. The van der Waals surface area contributed by atoms with Gasteiger partial charge < -0.3 is 10.2 Å². The van der Waals surface area contributed by atoms with Crippen molar-refractivity contribution in [3.8, 4) is 0 Å². The number of amides is 2. The molecule has 25 heavy (non-hydrogen) atoms. The standard InChI is InChI=1S/C16H22N2O2S.2C2H6/c1-17-16(20)18-11-5-10-14(18)15(19)21-12-6-9-13-7-3-2-4-8-13;2*1-2/h2-4,7-8,14H,5-6,9-12H2,1H3,(H,17,20);2*1-2H3. The number of hydrogen-bond donors (Lipinski definition) is 1. The van der Waals surface area contributed by atoms with Crippen molar-refractivity contribution in [3.63, 3.8) is 0 Å². The Morgan fingerprint density at radius 3 is 2.40 bits per heavy atom. The van der Waals surface area contributed by atoms with Crippen LogP contribution in [-0.2, 0) is 11.2 Å². The van der Waals surface area contributed by atoms with Crippen molar-refractivity contribution in [1.82, 2.24) is 10.2 Å². The zero-order chi connectivity index (χ0) is 19.1. The molecular weight excluding hydrogens is 332 g/mol. The molecule has 4 nitrogen and oxygen atoms in total. The fourth-order valence-electron chi connectivity index (χ4n) is 2.59. The molecule has 1 saturated heterocycles. The molecule has 0 bridgehead atoms. The molecular formula is C20H34N2O2S. The molecule has 1 heterocycles. The van der Waals surface area contributed by atoms with Crippen LogP contribution in [0.5, 0.6) is 0 Å². The van der Waals surface area contributed by atoms with Crippen molar-refractivity contribution in [2.24, 2.45) is 0 Å². The second-order valence-corrected chi connectivity index (χ2v) is 6.26. The summed E-state index contributed by atoms with van der Waals surface area (Å²) in [6, 6.07) is 9.91. The highest BCUT2D eigenvalue weighted by Gasteiger charge is 2.33. The molecule has 1 N–H and O–H groups in total. The van der Waals surface area contributed by atoms with Crippen LogP contribution in [0.4, 0.5) is 4.79 Å². The number of rotatable bonds is 5. The summed E-state index contributed by atoms with van der Waals surface area (Å²) < 4.78 is 0. The molecule has 1 aromatic rings. The van der Waals surface area contributed by atoms with Gasteiger partial charge in [-0.2, -0.15) is 0 Å². The number of benzene rings is 1. The maximum Gasteiger partial charge on any atom is 0.317 e. The van der Waals surface area contributed by atoms with Crippen molar-refractivity contribution in [2.75, 3.05) is 19.3 Å². The zero-order valence-electron chi connectivity index (χ0n) is 16.4. The first-order chi connectivity index (χ1) is 12.2. The van der Waals surface area contributed by atoms with Gasteiger partial charge in [0.1, 0.15) is 6.04 Å². The molecule has 0 radical (unpaired) electrons. The molecule has 1 fully saturated rings. The molecule has 0 aliphatic carbocycles. The van der Waals surface area contributed by atoms with Gasteiger partial charge >= 0.3 is 6.03 Å². The third kappa shape index (κ3) is 8.43. The summed E-state index contributed by atoms with van der Waals surface area (Å²) in [6.07, 6.45) is 3.67. The maximum absolute atomic E-state index is 12.2. The van der Waals surface area contributed by atoms with Gasteiger partial charge in [-0.3, -0.25) is 4.79 Å². The summed E-state index contributed by atoms with van der Waals surface area (Å²) in [6.45, 7) is 8.68. The number of carbonyl (C=O) groups is 2. The predicted molar refractivity (Wildman–Crippen MR) is 109 cm³/mol. The summed E-state index contributed by atoms with van der Waals surface area (Å²) in [5.41, 5.74) is 1.30. The molecule has 2 amide bonds. The van der Waals surface area contributed by atoms with E-state index in [-0.39, 0.29) is 17.2 Å². The van der Waals surface area contributed by atoms with E-state index in [4.69, 9.17) is 0 Å². The lowest BCUT2D eigenvalue weighted by Crippen LogP contribution is -2.44. The fraction of sp³-hybridized carbons (Fsp3) is 0.600. The Hall–Kier alpha value is -1.49. The third-order valence-corrected chi connectivity index (χ3v) is 4.75. The van der Waals surface area contributed by atoms with Crippen molar-refractivity contribution >= 4 is 22.9 Å². The summed E-state index contributed by atoms with van der Waals surface area (Å²) in [5, 5.41) is 2.73. The Morgan fingerprint density at radius 1 is 1.16 bits per heavy atom. The van der Waals surface area contributed by atoms with E-state index in [1.54, 1.807) is 11.9 Å². The number of nitrogens with one attached hydrogen (secondary N) is 1. The van der Waals surface area contributed by atoms with Gasteiger partial charge in [-0.1, -0.05) is 69.8 Å². The summed E-state index contributed by atoms with van der Waals surface area (Å²) in [4.78, 5) is 25.6. The zero-order valence-corrected chi connectivity index (χ0v) is 17.2. The lowest BCUT2D eigenvalue weighted by atomic mass is 10.1. The van der Waals surface area contributed by atoms with Gasteiger partial charge in [0.2, 0.25) is 5.12 Å². The Balaban J connectivity index is 0.00000134. The van der Waals surface area contributed by atoms with Crippen LogP contribution in [0.2, 0.25) is 0 Å². The Labute approximate surface area is 157 Å². The number of nitrogens with zero attached hydrogens (tertiary/aromatic N) is 1. The van der Waals surface area contributed by atoms with Gasteiger partial charge in [-0.15, -0.1) is 0 Å². The molecule has 2 rings (SSSR count). The normalized spacial score (nSPS) is 15.4. The van der Waals surface area contributed by atoms with Crippen LogP contribution in [0.25, 0.3) is 0 Å². The Morgan fingerprint density at radius 2 is 1.80 bits per heavy atom. The number of likely N-dealkylation sites (tertiary alicyclic amines) is 1. The van der Waals surface area contributed by atoms with Gasteiger partial charge in [-0.05, 0) is 31.2 Å². The van der Waals surface area contributed by atoms with Crippen molar-refractivity contribution in [2.45, 2.75) is 59.4 Å². The van der Waals surface area contributed by atoms with Crippen LogP contribution in [-0.4, -0.2) is 41.4 Å². The van der Waals surface area contributed by atoms with E-state index in [9.17, 15) is 9.59 Å². The summed E-state index contributed by atoms with van der Waals surface area (Å²) >= 11 is 1.36. The van der Waals surface area contributed by atoms with Gasteiger partial charge in [0.25, 0.3) is 0 Å². The van der Waals surface area contributed by atoms with E-state index in [2.05, 4.69) is 17.4 Å². The first-order valence-electron chi connectivity index (χ1n) is 9.41. The van der Waals surface area contributed by atoms with Crippen LogP contribution in [0.1, 0.15) is 52.5 Å². The van der Waals surface area contributed by atoms with Gasteiger partial charge in [-0.25, -0.2) is 4.79 Å². The minimum atomic E-state index is -0.244. The quantitative estimate of drug-likeness (QED) is 0.766. The molecule has 5 heteroatoms. The topological polar surface area (TPSA) is 49.4 Å². The minimum Gasteiger partial charge on any atom is -0.341 e. The van der Waals surface area contributed by atoms with Gasteiger partial charge in [0.15, 0.2) is 0 Å². The molecule has 0 saturated carbocycles. The van der Waals surface area contributed by atoms with Gasteiger partial charge in [0.05, 0.1) is 0 Å². The van der Waals surface area contributed by atoms with Crippen molar-refractivity contribution in [1.29, 1.82) is 0 Å². The minimum absolute atomic E-state index is 0.129. The molecule has 1 atom stereocenters. The van der Waals surface area contributed by atoms with Crippen LogP contribution in [0.15, 0.2) is 30.3 Å². The van der Waals surface area contributed by atoms with E-state index in [0.717, 1.165) is 31.4 Å². The lowest BCUT2D eigenvalue weighted by molar-refractivity contribution is -0.114. The highest BCUT2D eigenvalue weighted by Crippen LogP contribution is 2.23. The van der Waals surface area contributed by atoms with E-state index >= 15 is 0 Å². The number of urea groups is 1. The SMILES string of the molecule is CC.CC.CNC(=O)N1CCCC1C(=O)SCCCc1ccccc1. The smallest absolute Gasteiger partial charge is 0.317 e. The van der Waals surface area contributed by atoms with E-state index in [1.807, 2.05) is 45.9 Å². The number of hydrogen-bond acceptors (Lipinski definition) is 3. The predicted octanol–water partition coefficient (Wildman–Crippen LogP) is 4.74. The average Bonchev–Trinajstić information content (AvgIpc) is 3.18. The molecule has 1 aliphatic rings. The number of aryl methyl sites for hydroxylation is 1. The van der Waals surface area contributed by atoms with Crippen LogP contribution < -0.4 is 5.32 Å². The maximum atomic E-state index is 12.2. The first-order valence-corrected chi connectivity index (χ1v) is 10.4. The molecule has 0 spiro atoms. The van der Waals surface area contributed by atoms with Crippen molar-refractivity contribution in [3.05, 3.63) is 35.9 Å². The monoisotopic (exact) mass is 366 g/mol. The summed E-state index contributed by atoms with van der Waals surface area (Å²) in [5.74, 6) is 0.811. The van der Waals surface area contributed by atoms with Crippen LogP contribution in [0, 0.1) is 0 Å². The average molecular weight is 367 g/mol. The van der Waals surface area contributed by atoms with Crippen molar-refractivity contribution < 1.29 is 9.59 Å². The Bertz CT molecular complexity index is 480. The fourth-order valence-corrected chi connectivity index (χ4v) is 3.52. The lowest BCUT2D eigenvalue weighted by Gasteiger charge is -2.22. The molecule has 1 aromatic carbocycles. The number of carbonyl (C=O) groups excluding carboxylic acids is 2. The molecule has 1 aliphatic heterocycles. The highest BCUT2D eigenvalue weighted by atomic mass is 32.2. The highest BCUT2D eigenvalue weighted by molar-refractivity contribution is 8.13. The first kappa shape index (κ1) is 23.5. The van der Waals surface area contributed by atoms with E-state index in [0.29, 0.717) is 6.54 Å². The van der Waals surface area contributed by atoms with Gasteiger partial charge in [0, 0.05) is 19.3 Å². The molecule has 142 valence electrons. The number of thioether (sulfide) groups is 1. The van der Waals surface area contributed by atoms with Crippen LogP contribution in [0.3, 0.4) is 0 Å². The molecule has 0 aromatic heterocycles. The summed E-state index contributed by atoms with van der Waals surface area (Å²) in [7, 11) is 1.61.